The molecular weight excluding hydrogens is 386 g/mol. The van der Waals surface area contributed by atoms with Gasteiger partial charge >= 0.3 is 5.97 Å². The van der Waals surface area contributed by atoms with Crippen LogP contribution in [-0.2, 0) is 6.61 Å². The van der Waals surface area contributed by atoms with Gasteiger partial charge in [-0.3, -0.25) is 9.36 Å². The van der Waals surface area contributed by atoms with Crippen molar-refractivity contribution in [3.8, 4) is 11.4 Å². The predicted molar refractivity (Wildman–Crippen MR) is 97.5 cm³/mol. The van der Waals surface area contributed by atoms with Crippen LogP contribution in [0.25, 0.3) is 5.69 Å². The maximum Gasteiger partial charge on any atom is 0.335 e. The van der Waals surface area contributed by atoms with Crippen molar-refractivity contribution in [2.45, 2.75) is 6.61 Å². The Morgan fingerprint density at radius 2 is 1.72 bits per heavy atom. The molecule has 25 heavy (non-hydrogen) atoms. The summed E-state index contributed by atoms with van der Waals surface area (Å²) < 4.78 is 7.44. The van der Waals surface area contributed by atoms with Gasteiger partial charge in [-0.25, -0.2) is 4.79 Å². The van der Waals surface area contributed by atoms with Crippen molar-refractivity contribution in [2.75, 3.05) is 0 Å². The number of halogens is 1. The number of aromatic carboxylic acids is 1. The summed E-state index contributed by atoms with van der Waals surface area (Å²) in [4.78, 5) is 23.5. The fourth-order valence-electron chi connectivity index (χ4n) is 2.31. The van der Waals surface area contributed by atoms with Crippen molar-refractivity contribution in [2.24, 2.45) is 0 Å². The number of hydrogen-bond donors (Lipinski definition) is 1. The lowest BCUT2D eigenvalue weighted by atomic mass is 10.2. The second kappa shape index (κ2) is 7.36. The van der Waals surface area contributed by atoms with Crippen molar-refractivity contribution < 1.29 is 14.6 Å². The minimum Gasteiger partial charge on any atom is -0.487 e. The molecule has 0 saturated heterocycles. The highest BCUT2D eigenvalue weighted by molar-refractivity contribution is 9.10. The molecule has 1 N–H and O–H groups in total. The van der Waals surface area contributed by atoms with E-state index in [1.54, 1.807) is 24.4 Å². The van der Waals surface area contributed by atoms with Crippen LogP contribution >= 0.6 is 15.9 Å². The standard InChI is InChI=1S/C19H14BrNO4/c20-17-16(25-12-13-4-2-1-3-5-13)10-11-21(18(17)22)15-8-6-14(7-9-15)19(23)24/h1-11H,12H2,(H,23,24). The van der Waals surface area contributed by atoms with E-state index in [9.17, 15) is 9.59 Å². The third-order valence-corrected chi connectivity index (χ3v) is 4.36. The lowest BCUT2D eigenvalue weighted by molar-refractivity contribution is 0.0697. The molecule has 0 fully saturated rings. The van der Waals surface area contributed by atoms with Crippen molar-refractivity contribution in [3.63, 3.8) is 0 Å². The highest BCUT2D eigenvalue weighted by Gasteiger charge is 2.11. The van der Waals surface area contributed by atoms with Gasteiger partial charge in [0, 0.05) is 11.9 Å². The first-order valence-electron chi connectivity index (χ1n) is 7.48. The lowest BCUT2D eigenvalue weighted by Crippen LogP contribution is -2.19. The number of carbonyl (C=O) groups is 1. The zero-order valence-electron chi connectivity index (χ0n) is 13.1. The van der Waals surface area contributed by atoms with E-state index in [2.05, 4.69) is 15.9 Å². The van der Waals surface area contributed by atoms with Gasteiger partial charge < -0.3 is 9.84 Å². The molecule has 2 aromatic carbocycles. The van der Waals surface area contributed by atoms with E-state index in [4.69, 9.17) is 9.84 Å². The largest absolute Gasteiger partial charge is 0.487 e. The zero-order chi connectivity index (χ0) is 17.8. The molecule has 5 nitrogen and oxygen atoms in total. The average molecular weight is 400 g/mol. The molecular formula is C19H14BrNO4. The zero-order valence-corrected chi connectivity index (χ0v) is 14.6. The Labute approximate surface area is 152 Å². The Kier molecular flexibility index (Phi) is 5.00. The average Bonchev–Trinajstić information content (AvgIpc) is 2.64. The van der Waals surface area contributed by atoms with Gasteiger partial charge in [-0.1, -0.05) is 30.3 Å². The summed E-state index contributed by atoms with van der Waals surface area (Å²) in [5.41, 5.74) is 1.46. The van der Waals surface area contributed by atoms with Crippen molar-refractivity contribution in [3.05, 3.63) is 92.8 Å². The number of hydrogen-bond acceptors (Lipinski definition) is 3. The number of carboxylic acids is 1. The quantitative estimate of drug-likeness (QED) is 0.706. The van der Waals surface area contributed by atoms with Gasteiger partial charge in [-0.15, -0.1) is 0 Å². The number of carboxylic acid groups (broad SMARTS) is 1. The topological polar surface area (TPSA) is 68.5 Å². The molecule has 0 spiro atoms. The molecule has 3 rings (SSSR count). The van der Waals surface area contributed by atoms with Crippen molar-refractivity contribution in [1.29, 1.82) is 0 Å². The highest BCUT2D eigenvalue weighted by atomic mass is 79.9. The fourth-order valence-corrected chi connectivity index (χ4v) is 2.75. The Balaban J connectivity index is 1.85. The van der Waals surface area contributed by atoms with Crippen LogP contribution in [0.15, 0.2) is 76.1 Å². The minimum absolute atomic E-state index is 0.165. The normalized spacial score (nSPS) is 10.4. The molecule has 1 heterocycles. The van der Waals surface area contributed by atoms with Gasteiger partial charge in [0.15, 0.2) is 0 Å². The predicted octanol–water partition coefficient (Wildman–Crippen LogP) is 3.88. The van der Waals surface area contributed by atoms with Crippen LogP contribution in [-0.4, -0.2) is 15.6 Å². The van der Waals surface area contributed by atoms with Crippen LogP contribution in [0.1, 0.15) is 15.9 Å². The van der Waals surface area contributed by atoms with Gasteiger partial charge in [0.1, 0.15) is 16.8 Å². The van der Waals surface area contributed by atoms with Crippen LogP contribution < -0.4 is 10.3 Å². The number of rotatable bonds is 5. The first kappa shape index (κ1) is 17.0. The summed E-state index contributed by atoms with van der Waals surface area (Å²) in [6.07, 6.45) is 1.60. The lowest BCUT2D eigenvalue weighted by Gasteiger charge is -2.11. The molecule has 1 aromatic heterocycles. The Hall–Kier alpha value is -2.86. The number of ether oxygens (including phenoxy) is 1. The highest BCUT2D eigenvalue weighted by Crippen LogP contribution is 2.22. The number of aromatic nitrogens is 1. The van der Waals surface area contributed by atoms with Gasteiger partial charge in [-0.2, -0.15) is 0 Å². The molecule has 0 atom stereocenters. The van der Waals surface area contributed by atoms with E-state index >= 15 is 0 Å². The van der Waals surface area contributed by atoms with E-state index in [1.807, 2.05) is 30.3 Å². The van der Waals surface area contributed by atoms with Crippen LogP contribution in [0, 0.1) is 0 Å². The van der Waals surface area contributed by atoms with Crippen LogP contribution in [0.4, 0.5) is 0 Å². The second-order valence-corrected chi connectivity index (χ2v) is 6.09. The molecule has 0 aliphatic heterocycles. The Morgan fingerprint density at radius 1 is 1.04 bits per heavy atom. The monoisotopic (exact) mass is 399 g/mol. The summed E-state index contributed by atoms with van der Waals surface area (Å²) in [6, 6.07) is 17.4. The van der Waals surface area contributed by atoms with Gasteiger partial charge in [0.2, 0.25) is 0 Å². The third kappa shape index (κ3) is 3.80. The van der Waals surface area contributed by atoms with E-state index < -0.39 is 5.97 Å². The molecule has 0 radical (unpaired) electrons. The second-order valence-electron chi connectivity index (χ2n) is 5.30. The molecule has 126 valence electrons. The summed E-state index contributed by atoms with van der Waals surface area (Å²) in [5, 5.41) is 8.94. The van der Waals surface area contributed by atoms with Crippen LogP contribution in [0.5, 0.6) is 5.75 Å². The van der Waals surface area contributed by atoms with Crippen LogP contribution in [0.2, 0.25) is 0 Å². The Morgan fingerprint density at radius 3 is 2.36 bits per heavy atom. The van der Waals surface area contributed by atoms with Crippen LogP contribution in [0.3, 0.4) is 0 Å². The van der Waals surface area contributed by atoms with Gasteiger partial charge in [0.25, 0.3) is 5.56 Å². The first-order chi connectivity index (χ1) is 12.1. The van der Waals surface area contributed by atoms with E-state index in [-0.39, 0.29) is 11.1 Å². The maximum atomic E-state index is 12.5. The number of pyridine rings is 1. The SMILES string of the molecule is O=C(O)c1ccc(-n2ccc(OCc3ccccc3)c(Br)c2=O)cc1. The molecule has 0 aliphatic rings. The molecule has 0 saturated carbocycles. The summed E-state index contributed by atoms with van der Waals surface area (Å²) >= 11 is 3.29. The third-order valence-electron chi connectivity index (χ3n) is 3.63. The number of nitrogens with zero attached hydrogens (tertiary/aromatic N) is 1. The maximum absolute atomic E-state index is 12.5. The fraction of sp³-hybridized carbons (Fsp3) is 0.0526. The van der Waals surface area contributed by atoms with E-state index in [0.717, 1.165) is 5.56 Å². The molecule has 3 aromatic rings. The first-order valence-corrected chi connectivity index (χ1v) is 8.27. The van der Waals surface area contributed by atoms with Crippen molar-refractivity contribution in [1.82, 2.24) is 4.57 Å². The van der Waals surface area contributed by atoms with Gasteiger partial charge in [-0.05, 0) is 51.8 Å². The van der Waals surface area contributed by atoms with Gasteiger partial charge in [0.05, 0.1) is 5.56 Å². The van der Waals surface area contributed by atoms with Crippen molar-refractivity contribution >= 4 is 21.9 Å². The smallest absolute Gasteiger partial charge is 0.335 e. The molecule has 0 unspecified atom stereocenters. The summed E-state index contributed by atoms with van der Waals surface area (Å²) in [5.74, 6) is -0.558. The van der Waals surface area contributed by atoms with E-state index in [1.165, 1.54) is 16.7 Å². The molecule has 0 bridgehead atoms. The number of benzene rings is 2. The summed E-state index contributed by atoms with van der Waals surface area (Å²) in [7, 11) is 0. The molecule has 0 amide bonds. The molecule has 0 aliphatic carbocycles. The van der Waals surface area contributed by atoms with E-state index in [0.29, 0.717) is 22.5 Å². The summed E-state index contributed by atoms with van der Waals surface area (Å²) in [6.45, 7) is 0.357. The Bertz CT molecular complexity index is 949. The molecule has 6 heteroatoms. The minimum atomic E-state index is -1.01.